The molecule has 4 rings (SSSR count). The smallest absolute Gasteiger partial charge is 0.361 e. The average Bonchev–Trinajstić information content (AvgIpc) is 3.09. The third-order valence-electron chi connectivity index (χ3n) is 7.44. The number of nitrogens with one attached hydrogen (secondary N) is 2. The van der Waals surface area contributed by atoms with Crippen molar-refractivity contribution in [2.75, 3.05) is 52.5 Å². The number of rotatable bonds is 20. The Morgan fingerprint density at radius 1 is 0.532 bits per heavy atom. The molecule has 0 radical (unpaired) electrons. The Morgan fingerprint density at radius 2 is 0.936 bits per heavy atom. The molecule has 0 aliphatic carbocycles. The number of hydrogen-bond donors (Lipinski definition) is 4. The van der Waals surface area contributed by atoms with Gasteiger partial charge in [0.25, 0.3) is 0 Å². The Labute approximate surface area is 274 Å². The van der Waals surface area contributed by atoms with Gasteiger partial charge in [-0.2, -0.15) is 0 Å². The molecule has 0 bridgehead atoms. The van der Waals surface area contributed by atoms with Gasteiger partial charge in [-0.05, 0) is 46.3 Å². The van der Waals surface area contributed by atoms with Crippen LogP contribution in [0.3, 0.4) is 0 Å². The van der Waals surface area contributed by atoms with Gasteiger partial charge >= 0.3 is 13.8 Å². The summed E-state index contributed by atoms with van der Waals surface area (Å²) in [5, 5.41) is 6.34. The molecule has 4 aromatic carbocycles. The van der Waals surface area contributed by atoms with E-state index in [1.54, 1.807) is 0 Å². The van der Waals surface area contributed by atoms with E-state index < -0.39 is 49.1 Å². The van der Waals surface area contributed by atoms with Crippen LogP contribution < -0.4 is 33.0 Å². The summed E-state index contributed by atoms with van der Waals surface area (Å²) in [4.78, 5) is 0. The highest BCUT2D eigenvalue weighted by molar-refractivity contribution is 6.70. The second-order valence-corrected chi connectivity index (χ2v) is 10.8. The molecule has 2 atom stereocenters. The predicted molar refractivity (Wildman–Crippen MR) is 179 cm³/mol. The van der Waals surface area contributed by atoms with E-state index in [1.165, 1.54) is 12.1 Å². The fourth-order valence-corrected chi connectivity index (χ4v) is 5.16. The van der Waals surface area contributed by atoms with E-state index in [0.717, 1.165) is 24.3 Å². The molecule has 0 saturated heterocycles. The van der Waals surface area contributed by atoms with Crippen LogP contribution in [0.5, 0.6) is 0 Å². The number of halogens is 4. The minimum absolute atomic E-state index is 0.197. The highest BCUT2D eigenvalue weighted by Gasteiger charge is 2.40. The van der Waals surface area contributed by atoms with Gasteiger partial charge in [-0.1, -0.05) is 72.8 Å². The molecule has 0 heterocycles. The quantitative estimate of drug-likeness (QED) is 0.0663. The standard InChI is InChI=1S/C34H40B2F4N4O3/c37-29-13-11-27(23-31(29)39)35(45-21-19-43-17-15-41)33(25-7-3-1-4-8-25)47-34(26-9-5-2-6-10-26)36(46-22-20-44-18-16-42)28-12-14-30(38)32(40)24-28/h1-14,23-24,33-34,43-44H,15-22,41-42H2. The van der Waals surface area contributed by atoms with Gasteiger partial charge in [0.2, 0.25) is 0 Å². The molecule has 6 N–H and O–H groups in total. The SMILES string of the molecule is NCCNCCOB(c1ccc(F)c(F)c1)C(OC(B(OCCNCCN)c1ccc(F)c(F)c1)c1ccccc1)c1ccccc1. The van der Waals surface area contributed by atoms with Crippen LogP contribution >= 0.6 is 0 Å². The summed E-state index contributed by atoms with van der Waals surface area (Å²) >= 11 is 0. The van der Waals surface area contributed by atoms with Crippen molar-refractivity contribution in [2.24, 2.45) is 11.5 Å². The monoisotopic (exact) mass is 650 g/mol. The summed E-state index contributed by atoms with van der Waals surface area (Å²) in [5.74, 6) is -4.05. The molecule has 0 fully saturated rings. The van der Waals surface area contributed by atoms with E-state index in [9.17, 15) is 17.6 Å². The van der Waals surface area contributed by atoms with Gasteiger partial charge in [0.15, 0.2) is 23.3 Å². The third-order valence-corrected chi connectivity index (χ3v) is 7.44. The van der Waals surface area contributed by atoms with Crippen LogP contribution in [0.2, 0.25) is 0 Å². The normalized spacial score (nSPS) is 12.6. The molecule has 0 saturated carbocycles. The highest BCUT2D eigenvalue weighted by Crippen LogP contribution is 2.32. The number of ether oxygens (including phenoxy) is 1. The third kappa shape index (κ3) is 10.7. The van der Waals surface area contributed by atoms with E-state index >= 15 is 0 Å². The van der Waals surface area contributed by atoms with E-state index in [-0.39, 0.29) is 13.2 Å². The van der Waals surface area contributed by atoms with Crippen LogP contribution in [0.15, 0.2) is 97.1 Å². The van der Waals surface area contributed by atoms with Gasteiger partial charge in [-0.15, -0.1) is 0 Å². The minimum atomic E-state index is -1.03. The molecule has 7 nitrogen and oxygen atoms in total. The van der Waals surface area contributed by atoms with Crippen molar-refractivity contribution in [3.05, 3.63) is 131 Å². The van der Waals surface area contributed by atoms with Crippen molar-refractivity contribution in [3.8, 4) is 0 Å². The second kappa shape index (κ2) is 19.3. The number of hydrogen-bond acceptors (Lipinski definition) is 7. The Bertz CT molecular complexity index is 1390. The Kier molecular flexibility index (Phi) is 14.9. The maximum absolute atomic E-state index is 14.7. The zero-order valence-electron chi connectivity index (χ0n) is 26.1. The van der Waals surface area contributed by atoms with Crippen molar-refractivity contribution in [2.45, 2.75) is 12.0 Å². The Balaban J connectivity index is 1.81. The minimum Gasteiger partial charge on any atom is -0.427 e. The molecule has 4 aromatic rings. The summed E-state index contributed by atoms with van der Waals surface area (Å²) in [6.45, 7) is 1.45. The van der Waals surface area contributed by atoms with E-state index in [1.807, 2.05) is 60.7 Å². The summed E-state index contributed by atoms with van der Waals surface area (Å²) in [5.41, 5.74) is 13.3. The van der Waals surface area contributed by atoms with Crippen molar-refractivity contribution >= 4 is 24.8 Å². The predicted octanol–water partition coefficient (Wildman–Crippen LogP) is 3.05. The second-order valence-electron chi connectivity index (χ2n) is 10.8. The lowest BCUT2D eigenvalue weighted by molar-refractivity contribution is 0.0507. The largest absolute Gasteiger partial charge is 0.427 e. The fraction of sp³-hybridized carbons (Fsp3) is 0.294. The van der Waals surface area contributed by atoms with E-state index in [0.29, 0.717) is 61.3 Å². The van der Waals surface area contributed by atoms with Crippen molar-refractivity contribution in [3.63, 3.8) is 0 Å². The molecular formula is C34H40B2F4N4O3. The molecule has 13 heteroatoms. The molecule has 0 aromatic heterocycles. The van der Waals surface area contributed by atoms with Gasteiger partial charge in [0.05, 0.1) is 12.0 Å². The molecule has 2 unspecified atom stereocenters. The zero-order valence-corrected chi connectivity index (χ0v) is 26.1. The van der Waals surface area contributed by atoms with Gasteiger partial charge in [0.1, 0.15) is 0 Å². The Morgan fingerprint density at radius 3 is 1.30 bits per heavy atom. The topological polar surface area (TPSA) is 104 Å². The lowest BCUT2D eigenvalue weighted by Crippen LogP contribution is -2.48. The van der Waals surface area contributed by atoms with Crippen LogP contribution in [-0.2, 0) is 14.0 Å². The first-order chi connectivity index (χ1) is 22.9. The summed E-state index contributed by atoms with van der Waals surface area (Å²) in [7, 11) is 0. The molecule has 47 heavy (non-hydrogen) atoms. The summed E-state index contributed by atoms with van der Waals surface area (Å²) < 4.78 is 77.3. The molecule has 0 amide bonds. The van der Waals surface area contributed by atoms with Gasteiger partial charge in [0, 0.05) is 52.5 Å². The van der Waals surface area contributed by atoms with E-state index in [4.69, 9.17) is 25.5 Å². The first-order valence-electron chi connectivity index (χ1n) is 15.6. The first-order valence-corrected chi connectivity index (χ1v) is 15.6. The maximum Gasteiger partial charge on any atom is 0.361 e. The van der Waals surface area contributed by atoms with Gasteiger partial charge < -0.3 is 36.1 Å². The molecule has 0 spiro atoms. The van der Waals surface area contributed by atoms with Crippen LogP contribution in [0.4, 0.5) is 17.6 Å². The van der Waals surface area contributed by atoms with Gasteiger partial charge in [-0.3, -0.25) is 0 Å². The van der Waals surface area contributed by atoms with Crippen LogP contribution in [-0.4, -0.2) is 66.3 Å². The van der Waals surface area contributed by atoms with Crippen LogP contribution in [0, 0.1) is 23.3 Å². The summed E-state index contributed by atoms with van der Waals surface area (Å²) in [6.07, 6.45) is 0. The zero-order chi connectivity index (χ0) is 33.4. The first kappa shape index (κ1) is 36.3. The maximum atomic E-state index is 14.7. The van der Waals surface area contributed by atoms with Crippen molar-refractivity contribution in [1.29, 1.82) is 0 Å². The average molecular weight is 650 g/mol. The molecule has 0 aliphatic rings. The number of nitrogens with two attached hydrogens (primary N) is 2. The Hall–Kier alpha value is -3.55. The van der Waals surface area contributed by atoms with Crippen LogP contribution in [0.25, 0.3) is 0 Å². The fourth-order valence-electron chi connectivity index (χ4n) is 5.16. The molecule has 0 aliphatic heterocycles. The highest BCUT2D eigenvalue weighted by atomic mass is 19.2. The van der Waals surface area contributed by atoms with Crippen LogP contribution in [0.1, 0.15) is 23.1 Å². The van der Waals surface area contributed by atoms with E-state index in [2.05, 4.69) is 10.6 Å². The van der Waals surface area contributed by atoms with Crippen molar-refractivity contribution in [1.82, 2.24) is 10.6 Å². The molecular weight excluding hydrogens is 610 g/mol. The molecule has 248 valence electrons. The summed E-state index contributed by atoms with van der Waals surface area (Å²) in [6, 6.07) is 23.8. The lowest BCUT2D eigenvalue weighted by Gasteiger charge is -2.33. The lowest BCUT2D eigenvalue weighted by atomic mass is 9.51. The number of benzene rings is 4. The van der Waals surface area contributed by atoms with Gasteiger partial charge in [-0.25, -0.2) is 17.6 Å². The van der Waals surface area contributed by atoms with Crippen molar-refractivity contribution < 1.29 is 31.6 Å².